The first kappa shape index (κ1) is 33.9. The van der Waals surface area contributed by atoms with Crippen molar-refractivity contribution in [2.24, 2.45) is 5.92 Å². The summed E-state index contributed by atoms with van der Waals surface area (Å²) in [7, 11) is 0. The van der Waals surface area contributed by atoms with E-state index in [4.69, 9.17) is 9.72 Å². The van der Waals surface area contributed by atoms with E-state index >= 15 is 0 Å². The van der Waals surface area contributed by atoms with Gasteiger partial charge in [0, 0.05) is 22.6 Å². The highest BCUT2D eigenvalue weighted by atomic mass is 16.5. The molecule has 55 heavy (non-hydrogen) atoms. The third kappa shape index (κ3) is 5.58. The van der Waals surface area contributed by atoms with Crippen molar-refractivity contribution in [3.63, 3.8) is 0 Å². The molecule has 11 heteroatoms. The molecular weight excluding hydrogens is 691 g/mol. The van der Waals surface area contributed by atoms with Crippen molar-refractivity contribution in [1.29, 1.82) is 0 Å². The van der Waals surface area contributed by atoms with Crippen LogP contribution in [0, 0.1) is 5.92 Å². The molecule has 2 N–H and O–H groups in total. The average Bonchev–Trinajstić information content (AvgIpc) is 3.80. The number of nitrogens with one attached hydrogen (secondary N) is 2. The summed E-state index contributed by atoms with van der Waals surface area (Å²) in [6, 6.07) is 29.1. The molecule has 1 amide bonds. The number of imidazole rings is 1. The molecule has 0 saturated heterocycles. The molecule has 3 heterocycles. The van der Waals surface area contributed by atoms with E-state index in [9.17, 15) is 14.4 Å². The van der Waals surface area contributed by atoms with Crippen molar-refractivity contribution < 1.29 is 19.1 Å². The molecule has 0 bridgehead atoms. The fourth-order valence-electron chi connectivity index (χ4n) is 8.18. The number of Topliss-reactive ketones (excluding diaryl/α,β-unsaturated/α-hetero) is 2. The minimum absolute atomic E-state index is 0.0100. The van der Waals surface area contributed by atoms with Gasteiger partial charge in [-0.15, -0.1) is 0 Å². The summed E-state index contributed by atoms with van der Waals surface area (Å²) in [6.07, 6.45) is 6.77. The molecule has 0 saturated carbocycles. The first-order chi connectivity index (χ1) is 26.7. The lowest BCUT2D eigenvalue weighted by Crippen LogP contribution is -2.59. The number of ketones is 2. The molecule has 6 aromatic rings. The lowest BCUT2D eigenvalue weighted by Gasteiger charge is -2.42. The van der Waals surface area contributed by atoms with Crippen LogP contribution in [-0.2, 0) is 15.1 Å². The van der Waals surface area contributed by atoms with Gasteiger partial charge in [-0.2, -0.15) is 0 Å². The molecule has 0 spiro atoms. The van der Waals surface area contributed by atoms with Crippen LogP contribution in [0.1, 0.15) is 36.7 Å². The van der Waals surface area contributed by atoms with Gasteiger partial charge in [0.05, 0.1) is 37.4 Å². The van der Waals surface area contributed by atoms with Crippen LogP contribution < -0.4 is 30.3 Å². The van der Waals surface area contributed by atoms with Gasteiger partial charge < -0.3 is 19.5 Å². The molecule has 2 atom stereocenters. The first-order valence-electron chi connectivity index (χ1n) is 18.3. The standard InChI is InChI=1S/C44H37N7O4/c1-4-55-29-16-14-28(15-17-29)40-39(27-10-6-5-7-11-27)48-43(49-40)47-38(53)23-50-25-51(42-36(50)22-45-24-46-42)44(3)35-19-18-31-30-12-8-9-13-32(30)37(52)21-33(31)34(35)20-26(2)41(44)54/h5-22,24,26H,4,23,25H2,1-3H3,(H2,47,48,49,53). The van der Waals surface area contributed by atoms with E-state index in [-0.39, 0.29) is 30.7 Å². The van der Waals surface area contributed by atoms with Gasteiger partial charge in [0.2, 0.25) is 11.9 Å². The Balaban J connectivity index is 1.03. The van der Waals surface area contributed by atoms with Crippen molar-refractivity contribution in [3.05, 3.63) is 125 Å². The molecule has 1 aliphatic heterocycles. The highest BCUT2D eigenvalue weighted by Gasteiger charge is 2.50. The fraction of sp³-hybridized carbons (Fsp3) is 0.182. The number of ether oxygens (including phenoxy) is 1. The normalized spacial score (nSPS) is 18.1. The zero-order valence-electron chi connectivity index (χ0n) is 30.5. The molecule has 11 nitrogen and oxygen atoms in total. The quantitative estimate of drug-likeness (QED) is 0.202. The number of H-pyrrole nitrogens is 1. The molecular formula is C44H37N7O4. The van der Waals surface area contributed by atoms with Crippen LogP contribution in [0.3, 0.4) is 0 Å². The van der Waals surface area contributed by atoms with E-state index < -0.39 is 11.5 Å². The zero-order chi connectivity index (χ0) is 37.8. The van der Waals surface area contributed by atoms with Crippen LogP contribution in [-0.4, -0.2) is 57.2 Å². The largest absolute Gasteiger partial charge is 0.494 e. The number of aromatic nitrogens is 4. The minimum atomic E-state index is -1.17. The van der Waals surface area contributed by atoms with Gasteiger partial charge in [-0.1, -0.05) is 79.7 Å². The Morgan fingerprint density at radius 3 is 2.47 bits per heavy atom. The molecule has 4 aromatic carbocycles. The molecule has 0 fully saturated rings. The van der Waals surface area contributed by atoms with Crippen molar-refractivity contribution in [2.75, 3.05) is 34.9 Å². The van der Waals surface area contributed by atoms with Gasteiger partial charge in [0.15, 0.2) is 17.4 Å². The van der Waals surface area contributed by atoms with Crippen LogP contribution in [0.15, 0.2) is 104 Å². The summed E-state index contributed by atoms with van der Waals surface area (Å²) < 4.78 is 5.64. The van der Waals surface area contributed by atoms with Crippen LogP contribution in [0.5, 0.6) is 5.75 Å². The summed E-state index contributed by atoms with van der Waals surface area (Å²) in [5, 5.41) is 4.64. The predicted molar refractivity (Wildman–Crippen MR) is 212 cm³/mol. The van der Waals surface area contributed by atoms with Crippen molar-refractivity contribution >= 4 is 47.1 Å². The van der Waals surface area contributed by atoms with Crippen molar-refractivity contribution in [3.8, 4) is 39.4 Å². The lowest BCUT2D eigenvalue weighted by atomic mass is 9.73. The Morgan fingerprint density at radius 1 is 0.927 bits per heavy atom. The predicted octanol–water partition coefficient (Wildman–Crippen LogP) is 5.71. The molecule has 9 rings (SSSR count). The van der Waals surface area contributed by atoms with Crippen LogP contribution >= 0.6 is 0 Å². The molecule has 2 unspecified atom stereocenters. The minimum Gasteiger partial charge on any atom is -0.494 e. The Kier molecular flexibility index (Phi) is 8.14. The van der Waals surface area contributed by atoms with E-state index in [0.717, 1.165) is 49.7 Å². The monoisotopic (exact) mass is 727 g/mol. The summed E-state index contributed by atoms with van der Waals surface area (Å²) in [5.74, 6) is 0.780. The van der Waals surface area contributed by atoms with Crippen LogP contribution in [0.4, 0.5) is 17.5 Å². The summed E-state index contributed by atoms with van der Waals surface area (Å²) in [6.45, 7) is 6.45. The van der Waals surface area contributed by atoms with Gasteiger partial charge in [0.25, 0.3) is 0 Å². The van der Waals surface area contributed by atoms with E-state index in [1.165, 1.54) is 6.33 Å². The van der Waals surface area contributed by atoms with E-state index in [2.05, 4.69) is 20.3 Å². The fourth-order valence-corrected chi connectivity index (χ4v) is 8.18. The second-order valence-electron chi connectivity index (χ2n) is 14.1. The summed E-state index contributed by atoms with van der Waals surface area (Å²) >= 11 is 0. The maximum atomic E-state index is 14.4. The Bertz CT molecular complexity index is 2660. The number of amides is 1. The number of rotatable bonds is 8. The maximum Gasteiger partial charge on any atom is 0.246 e. The number of nitrogens with zero attached hydrogens (tertiary/aromatic N) is 5. The van der Waals surface area contributed by atoms with Crippen molar-refractivity contribution in [2.45, 2.75) is 26.3 Å². The number of hydrogen-bond donors (Lipinski definition) is 2. The lowest BCUT2D eigenvalue weighted by molar-refractivity contribution is -0.126. The third-order valence-corrected chi connectivity index (χ3v) is 10.8. The second kappa shape index (κ2) is 13.2. The van der Waals surface area contributed by atoms with Crippen molar-refractivity contribution in [1.82, 2.24) is 19.9 Å². The molecule has 3 aliphatic rings. The molecule has 2 aliphatic carbocycles. The topological polar surface area (TPSA) is 133 Å². The molecule has 0 radical (unpaired) electrons. The van der Waals surface area contributed by atoms with E-state index in [0.29, 0.717) is 35.3 Å². The Labute approximate surface area is 317 Å². The number of anilines is 3. The molecule has 272 valence electrons. The highest BCUT2D eigenvalue weighted by molar-refractivity contribution is 6.22. The number of fused-ring (bicyclic) bond motifs is 6. The van der Waals surface area contributed by atoms with Crippen LogP contribution in [0.2, 0.25) is 0 Å². The number of carbonyl (C=O) groups excluding carboxylic acids is 3. The number of carbonyl (C=O) groups is 3. The highest BCUT2D eigenvalue weighted by Crippen LogP contribution is 2.44. The molecule has 2 aromatic heterocycles. The summed E-state index contributed by atoms with van der Waals surface area (Å²) in [5.41, 5.74) is 5.98. The first-order valence-corrected chi connectivity index (χ1v) is 18.3. The average molecular weight is 728 g/mol. The second-order valence-corrected chi connectivity index (χ2v) is 14.1. The van der Waals surface area contributed by atoms with E-state index in [1.54, 1.807) is 12.3 Å². The van der Waals surface area contributed by atoms with Gasteiger partial charge in [-0.05, 0) is 71.3 Å². The smallest absolute Gasteiger partial charge is 0.246 e. The zero-order valence-corrected chi connectivity index (χ0v) is 30.5. The van der Waals surface area contributed by atoms with Gasteiger partial charge >= 0.3 is 0 Å². The SMILES string of the molecule is CCOc1ccc(-c2[nH]c(NC(=O)CN3CN(C4(C)C(=O)C(C)C=c5c4ccc4c5=CC(=O)c5ccccc5-4)c4ncncc43)nc2-c2ccccc2)cc1. The maximum absolute atomic E-state index is 14.4. The Hall–Kier alpha value is -6.88. The van der Waals surface area contributed by atoms with Gasteiger partial charge in [-0.25, -0.2) is 15.0 Å². The summed E-state index contributed by atoms with van der Waals surface area (Å²) in [4.78, 5) is 62.5. The number of benzene rings is 4. The van der Waals surface area contributed by atoms with Gasteiger partial charge in [0.1, 0.15) is 23.3 Å². The number of hydrogen-bond acceptors (Lipinski definition) is 9. The van der Waals surface area contributed by atoms with Crippen LogP contribution in [0.25, 0.3) is 45.8 Å². The van der Waals surface area contributed by atoms with E-state index in [1.807, 2.05) is 128 Å². The third-order valence-electron chi connectivity index (χ3n) is 10.8. The Morgan fingerprint density at radius 2 is 1.69 bits per heavy atom. The number of aromatic amines is 1. The van der Waals surface area contributed by atoms with Gasteiger partial charge in [-0.3, -0.25) is 19.7 Å².